The topological polar surface area (TPSA) is 62.2 Å². The van der Waals surface area contributed by atoms with Crippen molar-refractivity contribution in [2.24, 2.45) is 0 Å². The Bertz CT molecular complexity index is 1460. The number of anilines is 1. The van der Waals surface area contributed by atoms with E-state index in [0.717, 1.165) is 34.7 Å². The molecule has 1 saturated heterocycles. The summed E-state index contributed by atoms with van der Waals surface area (Å²) >= 11 is 11.9. The van der Waals surface area contributed by atoms with Gasteiger partial charge in [0.15, 0.2) is 5.11 Å². The highest BCUT2D eigenvalue weighted by Crippen LogP contribution is 2.39. The van der Waals surface area contributed by atoms with Crippen LogP contribution in [0.5, 0.6) is 0 Å². The highest BCUT2D eigenvalue weighted by molar-refractivity contribution is 7.80. The molecular formula is C29H27ClFN5OS. The molecule has 1 amide bonds. The predicted octanol–water partition coefficient (Wildman–Crippen LogP) is 6.23. The molecule has 1 fully saturated rings. The minimum Gasteiger partial charge on any atom is -0.352 e. The quantitative estimate of drug-likeness (QED) is 0.256. The molecule has 0 bridgehead atoms. The molecule has 6 nitrogen and oxygen atoms in total. The van der Waals surface area contributed by atoms with Crippen LogP contribution >= 0.6 is 23.8 Å². The van der Waals surface area contributed by atoms with E-state index < -0.39 is 5.82 Å². The molecule has 5 rings (SSSR count). The van der Waals surface area contributed by atoms with Gasteiger partial charge in [-0.15, -0.1) is 0 Å². The second-order valence-corrected chi connectivity index (χ2v) is 9.82. The number of aromatic nitrogens is 2. The van der Waals surface area contributed by atoms with Gasteiger partial charge < -0.3 is 20.1 Å². The molecule has 3 heterocycles. The standard InChI is InChI=1S/C29H27ClFN5OS/c1-2-19-8-3-4-9-23(19)33-26(37)14-17-36-28(27(34-29(36)38)24-10-5-6-15-32-24)25-11-7-16-35(25)20-12-13-22(31)21(30)18-20/h3-13,15-16,18,27-28H,2,14,17H2,1H3,(H,33,37)(H,34,38)/t27-,28-/m0/s1. The van der Waals surface area contributed by atoms with E-state index in [1.54, 1.807) is 18.3 Å². The first-order chi connectivity index (χ1) is 18.5. The summed E-state index contributed by atoms with van der Waals surface area (Å²) in [5, 5.41) is 7.04. The Kier molecular flexibility index (Phi) is 7.72. The average Bonchev–Trinajstić information content (AvgIpc) is 3.54. The summed E-state index contributed by atoms with van der Waals surface area (Å²) < 4.78 is 15.9. The lowest BCUT2D eigenvalue weighted by Gasteiger charge is -2.29. The first kappa shape index (κ1) is 25.9. The number of aryl methyl sites for hydroxylation is 1. The molecule has 1 aliphatic rings. The first-order valence-electron chi connectivity index (χ1n) is 12.4. The number of rotatable bonds is 8. The number of hydrogen-bond acceptors (Lipinski definition) is 3. The Morgan fingerprint density at radius 1 is 1.13 bits per heavy atom. The Hall–Kier alpha value is -3.75. The summed E-state index contributed by atoms with van der Waals surface area (Å²) in [6, 6.07) is 21.6. The molecule has 194 valence electrons. The number of amides is 1. The summed E-state index contributed by atoms with van der Waals surface area (Å²) in [7, 11) is 0. The molecule has 2 aromatic heterocycles. The number of thiocarbonyl (C=S) groups is 1. The highest BCUT2D eigenvalue weighted by Gasteiger charge is 2.41. The number of pyridine rings is 1. The zero-order chi connectivity index (χ0) is 26.6. The summed E-state index contributed by atoms with van der Waals surface area (Å²) in [5.74, 6) is -0.564. The predicted molar refractivity (Wildman–Crippen MR) is 152 cm³/mol. The molecule has 2 aromatic carbocycles. The number of para-hydroxylation sites is 1. The molecule has 0 saturated carbocycles. The number of carbonyl (C=O) groups excluding carboxylic acids is 1. The van der Waals surface area contributed by atoms with Crippen LogP contribution < -0.4 is 10.6 Å². The summed E-state index contributed by atoms with van der Waals surface area (Å²) in [4.78, 5) is 19.6. The SMILES string of the molecule is CCc1ccccc1NC(=O)CCN1C(=S)N[C@@H](c2ccccn2)[C@@H]1c1cccn1-c1ccc(F)c(Cl)c1. The minimum absolute atomic E-state index is 0.0457. The fraction of sp³-hybridized carbons (Fsp3) is 0.207. The van der Waals surface area contributed by atoms with E-state index in [9.17, 15) is 9.18 Å². The van der Waals surface area contributed by atoms with Gasteiger partial charge in [0.25, 0.3) is 0 Å². The summed E-state index contributed by atoms with van der Waals surface area (Å²) in [6.07, 6.45) is 4.72. The monoisotopic (exact) mass is 547 g/mol. The van der Waals surface area contributed by atoms with Gasteiger partial charge in [0.05, 0.1) is 22.8 Å². The third-order valence-corrected chi connectivity index (χ3v) is 7.36. The third kappa shape index (κ3) is 5.28. The first-order valence-corrected chi connectivity index (χ1v) is 13.2. The number of nitrogens with zero attached hydrogens (tertiary/aromatic N) is 3. The number of nitrogens with one attached hydrogen (secondary N) is 2. The van der Waals surface area contributed by atoms with Crippen LogP contribution in [0.1, 0.15) is 42.4 Å². The lowest BCUT2D eigenvalue weighted by Crippen LogP contribution is -2.33. The van der Waals surface area contributed by atoms with Crippen molar-refractivity contribution in [1.82, 2.24) is 19.8 Å². The van der Waals surface area contributed by atoms with E-state index in [0.29, 0.717) is 11.7 Å². The fourth-order valence-corrected chi connectivity index (χ4v) is 5.36. The number of halogens is 2. The van der Waals surface area contributed by atoms with Gasteiger partial charge in [-0.05, 0) is 72.7 Å². The largest absolute Gasteiger partial charge is 0.352 e. The Balaban J connectivity index is 1.45. The van der Waals surface area contributed by atoms with Crippen LogP contribution in [-0.2, 0) is 11.2 Å². The second kappa shape index (κ2) is 11.3. The average molecular weight is 548 g/mol. The summed E-state index contributed by atoms with van der Waals surface area (Å²) in [6.45, 7) is 2.46. The maximum Gasteiger partial charge on any atom is 0.226 e. The fourth-order valence-electron chi connectivity index (χ4n) is 4.86. The lowest BCUT2D eigenvalue weighted by molar-refractivity contribution is -0.116. The molecule has 0 spiro atoms. The van der Waals surface area contributed by atoms with E-state index in [2.05, 4.69) is 22.5 Å². The number of benzene rings is 2. The number of hydrogen-bond donors (Lipinski definition) is 2. The van der Waals surface area contributed by atoms with Crippen molar-refractivity contribution in [3.8, 4) is 5.69 Å². The maximum atomic E-state index is 13.9. The van der Waals surface area contributed by atoms with Crippen molar-refractivity contribution in [1.29, 1.82) is 0 Å². The Labute approximate surface area is 231 Å². The molecule has 9 heteroatoms. The molecular weight excluding hydrogens is 521 g/mol. The van der Waals surface area contributed by atoms with E-state index in [4.69, 9.17) is 23.8 Å². The van der Waals surface area contributed by atoms with Crippen LogP contribution in [-0.4, -0.2) is 32.0 Å². The van der Waals surface area contributed by atoms with Crippen LogP contribution in [0.4, 0.5) is 10.1 Å². The van der Waals surface area contributed by atoms with Gasteiger partial charge in [-0.25, -0.2) is 4.39 Å². The number of carbonyl (C=O) groups is 1. The van der Waals surface area contributed by atoms with Gasteiger partial charge in [-0.1, -0.05) is 42.8 Å². The third-order valence-electron chi connectivity index (χ3n) is 6.71. The van der Waals surface area contributed by atoms with Crippen LogP contribution in [0, 0.1) is 5.82 Å². The molecule has 0 unspecified atom stereocenters. The Morgan fingerprint density at radius 2 is 1.95 bits per heavy atom. The van der Waals surface area contributed by atoms with Crippen LogP contribution in [0.2, 0.25) is 5.02 Å². The van der Waals surface area contributed by atoms with E-state index >= 15 is 0 Å². The van der Waals surface area contributed by atoms with Crippen LogP contribution in [0.25, 0.3) is 5.69 Å². The normalized spacial score (nSPS) is 16.9. The van der Waals surface area contributed by atoms with Gasteiger partial charge in [-0.3, -0.25) is 9.78 Å². The van der Waals surface area contributed by atoms with Crippen molar-refractivity contribution in [2.75, 3.05) is 11.9 Å². The van der Waals surface area contributed by atoms with Gasteiger partial charge >= 0.3 is 0 Å². The highest BCUT2D eigenvalue weighted by atomic mass is 35.5. The van der Waals surface area contributed by atoms with Gasteiger partial charge in [0.1, 0.15) is 5.82 Å². The molecule has 0 radical (unpaired) electrons. The van der Waals surface area contributed by atoms with Gasteiger partial charge in [0.2, 0.25) is 5.91 Å². The van der Waals surface area contributed by atoms with Gasteiger partial charge in [-0.2, -0.15) is 0 Å². The lowest BCUT2D eigenvalue weighted by atomic mass is 10.0. The van der Waals surface area contributed by atoms with Crippen molar-refractivity contribution in [3.63, 3.8) is 0 Å². The van der Waals surface area contributed by atoms with E-state index in [1.807, 2.05) is 70.3 Å². The molecule has 2 atom stereocenters. The smallest absolute Gasteiger partial charge is 0.226 e. The van der Waals surface area contributed by atoms with E-state index in [1.165, 1.54) is 6.07 Å². The van der Waals surface area contributed by atoms with Crippen molar-refractivity contribution in [2.45, 2.75) is 31.8 Å². The zero-order valence-electron chi connectivity index (χ0n) is 20.8. The Morgan fingerprint density at radius 3 is 2.71 bits per heavy atom. The molecule has 2 N–H and O–H groups in total. The van der Waals surface area contributed by atoms with Crippen LogP contribution in [0.3, 0.4) is 0 Å². The maximum absolute atomic E-state index is 13.9. The van der Waals surface area contributed by atoms with Crippen molar-refractivity contribution >= 4 is 40.5 Å². The zero-order valence-corrected chi connectivity index (χ0v) is 22.3. The minimum atomic E-state index is -0.475. The van der Waals surface area contributed by atoms with Crippen molar-refractivity contribution < 1.29 is 9.18 Å². The van der Waals surface area contributed by atoms with E-state index in [-0.39, 0.29) is 29.4 Å². The second-order valence-electron chi connectivity index (χ2n) is 9.03. The molecule has 4 aromatic rings. The molecule has 38 heavy (non-hydrogen) atoms. The molecule has 1 aliphatic heterocycles. The summed E-state index contributed by atoms with van der Waals surface area (Å²) in [5.41, 5.74) is 4.37. The van der Waals surface area contributed by atoms with Crippen LogP contribution in [0.15, 0.2) is 85.2 Å². The molecule has 0 aliphatic carbocycles. The van der Waals surface area contributed by atoms with Gasteiger partial charge in [0, 0.05) is 42.4 Å². The van der Waals surface area contributed by atoms with Crippen molar-refractivity contribution in [3.05, 3.63) is 113 Å².